The standard InChI is InChI=1S/C19H14N2S2/c1-3-7-14(8-4-1)16-12-22-18(20-16)11-19-21-17(13-23-19)15-9-5-2-6-10-15/h1-13,20H/b18-11+. The van der Waals surface area contributed by atoms with Gasteiger partial charge < -0.3 is 5.32 Å². The molecule has 1 N–H and O–H groups in total. The Labute approximate surface area is 143 Å². The Bertz CT molecular complexity index is 865. The maximum Gasteiger partial charge on any atom is 0.119 e. The molecule has 0 fully saturated rings. The summed E-state index contributed by atoms with van der Waals surface area (Å²) in [7, 11) is 0. The molecular formula is C19H14N2S2. The second-order valence-corrected chi connectivity index (χ2v) is 6.89. The van der Waals surface area contributed by atoms with Gasteiger partial charge in [-0.05, 0) is 5.56 Å². The van der Waals surface area contributed by atoms with Crippen molar-refractivity contribution in [1.29, 1.82) is 0 Å². The number of rotatable bonds is 3. The number of aromatic nitrogens is 1. The highest BCUT2D eigenvalue weighted by atomic mass is 32.2. The van der Waals surface area contributed by atoms with E-state index < -0.39 is 0 Å². The Kier molecular flexibility index (Phi) is 4.01. The molecule has 1 aromatic heterocycles. The van der Waals surface area contributed by atoms with E-state index in [1.54, 1.807) is 23.1 Å². The number of thioether (sulfide) groups is 1. The second kappa shape index (κ2) is 6.44. The molecule has 23 heavy (non-hydrogen) atoms. The summed E-state index contributed by atoms with van der Waals surface area (Å²) in [5.41, 5.74) is 4.53. The van der Waals surface area contributed by atoms with Gasteiger partial charge in [0.2, 0.25) is 0 Å². The molecule has 0 aliphatic carbocycles. The molecule has 0 unspecified atom stereocenters. The molecule has 1 aliphatic rings. The normalized spacial score (nSPS) is 15.5. The van der Waals surface area contributed by atoms with Crippen LogP contribution in [0.5, 0.6) is 0 Å². The van der Waals surface area contributed by atoms with E-state index in [0.717, 1.165) is 27.0 Å². The third kappa shape index (κ3) is 3.23. The van der Waals surface area contributed by atoms with Crippen molar-refractivity contribution in [3.05, 3.63) is 87.1 Å². The third-order valence-electron chi connectivity index (χ3n) is 3.49. The first-order chi connectivity index (χ1) is 11.4. The third-order valence-corrected chi connectivity index (χ3v) is 5.11. The van der Waals surface area contributed by atoms with E-state index in [1.165, 1.54) is 5.56 Å². The summed E-state index contributed by atoms with van der Waals surface area (Å²) in [6.07, 6.45) is 2.11. The van der Waals surface area contributed by atoms with Gasteiger partial charge in [0.25, 0.3) is 0 Å². The first-order valence-corrected chi connectivity index (χ1v) is 9.06. The predicted octanol–water partition coefficient (Wildman–Crippen LogP) is 5.44. The molecular weight excluding hydrogens is 320 g/mol. The number of hydrogen-bond donors (Lipinski definition) is 1. The van der Waals surface area contributed by atoms with E-state index in [-0.39, 0.29) is 0 Å². The van der Waals surface area contributed by atoms with E-state index in [0.29, 0.717) is 0 Å². The molecule has 4 rings (SSSR count). The van der Waals surface area contributed by atoms with Gasteiger partial charge in [-0.3, -0.25) is 0 Å². The van der Waals surface area contributed by atoms with Crippen LogP contribution in [0.1, 0.15) is 10.6 Å². The SMILES string of the molecule is C1=C(c2ccccc2)N/C(=C\c2nc(-c3ccccc3)cs2)S1. The summed E-state index contributed by atoms with van der Waals surface area (Å²) in [5.74, 6) is 0. The lowest BCUT2D eigenvalue weighted by Crippen LogP contribution is -2.03. The minimum absolute atomic E-state index is 1.02. The second-order valence-electron chi connectivity index (χ2n) is 5.09. The fourth-order valence-electron chi connectivity index (χ4n) is 2.35. The zero-order valence-electron chi connectivity index (χ0n) is 12.3. The summed E-state index contributed by atoms with van der Waals surface area (Å²) in [6.45, 7) is 0. The summed E-state index contributed by atoms with van der Waals surface area (Å²) in [5, 5.41) is 9.83. The molecule has 2 heterocycles. The van der Waals surface area contributed by atoms with Crippen LogP contribution in [-0.4, -0.2) is 4.98 Å². The molecule has 4 heteroatoms. The van der Waals surface area contributed by atoms with Crippen molar-refractivity contribution < 1.29 is 0 Å². The van der Waals surface area contributed by atoms with Gasteiger partial charge in [0.15, 0.2) is 0 Å². The average Bonchev–Trinajstić information content (AvgIpc) is 3.27. The summed E-state index contributed by atoms with van der Waals surface area (Å²) < 4.78 is 0. The molecule has 2 aromatic carbocycles. The summed E-state index contributed by atoms with van der Waals surface area (Å²) in [4.78, 5) is 4.71. The molecule has 0 saturated carbocycles. The Morgan fingerprint density at radius 1 is 0.870 bits per heavy atom. The zero-order chi connectivity index (χ0) is 15.5. The molecule has 0 atom stereocenters. The van der Waals surface area contributed by atoms with Crippen molar-refractivity contribution >= 4 is 34.9 Å². The van der Waals surface area contributed by atoms with Gasteiger partial charge >= 0.3 is 0 Å². The fraction of sp³-hybridized carbons (Fsp3) is 0. The first kappa shape index (κ1) is 14.3. The summed E-state index contributed by atoms with van der Waals surface area (Å²) in [6, 6.07) is 20.6. The van der Waals surface area contributed by atoms with Crippen molar-refractivity contribution in [3.63, 3.8) is 0 Å². The van der Waals surface area contributed by atoms with Crippen LogP contribution in [0.4, 0.5) is 0 Å². The molecule has 112 valence electrons. The lowest BCUT2D eigenvalue weighted by Gasteiger charge is -2.04. The highest BCUT2D eigenvalue weighted by Crippen LogP contribution is 2.32. The van der Waals surface area contributed by atoms with E-state index >= 15 is 0 Å². The maximum atomic E-state index is 4.71. The topological polar surface area (TPSA) is 24.9 Å². The van der Waals surface area contributed by atoms with Gasteiger partial charge in [0.05, 0.1) is 16.4 Å². The highest BCUT2D eigenvalue weighted by molar-refractivity contribution is 8.06. The predicted molar refractivity (Wildman–Crippen MR) is 101 cm³/mol. The largest absolute Gasteiger partial charge is 0.349 e. The molecule has 0 amide bonds. The lowest BCUT2D eigenvalue weighted by atomic mass is 10.2. The van der Waals surface area contributed by atoms with Crippen LogP contribution < -0.4 is 5.32 Å². The Balaban J connectivity index is 1.51. The molecule has 0 radical (unpaired) electrons. The number of thiazole rings is 1. The van der Waals surface area contributed by atoms with Gasteiger partial charge in [0, 0.05) is 22.4 Å². The Morgan fingerprint density at radius 2 is 1.57 bits per heavy atom. The molecule has 0 spiro atoms. The monoisotopic (exact) mass is 334 g/mol. The van der Waals surface area contributed by atoms with E-state index in [2.05, 4.69) is 58.6 Å². The van der Waals surface area contributed by atoms with E-state index in [9.17, 15) is 0 Å². The first-order valence-electron chi connectivity index (χ1n) is 7.30. The quantitative estimate of drug-likeness (QED) is 0.690. The van der Waals surface area contributed by atoms with Crippen LogP contribution in [0.2, 0.25) is 0 Å². The minimum atomic E-state index is 1.02. The molecule has 0 saturated heterocycles. The van der Waals surface area contributed by atoms with Gasteiger partial charge in [-0.25, -0.2) is 4.98 Å². The van der Waals surface area contributed by atoms with Crippen molar-refractivity contribution in [1.82, 2.24) is 10.3 Å². The Hall–Kier alpha value is -2.30. The van der Waals surface area contributed by atoms with Gasteiger partial charge in [-0.1, -0.05) is 72.4 Å². The van der Waals surface area contributed by atoms with E-state index in [1.807, 2.05) is 24.3 Å². The Morgan fingerprint density at radius 3 is 2.30 bits per heavy atom. The maximum absolute atomic E-state index is 4.71. The highest BCUT2D eigenvalue weighted by Gasteiger charge is 2.12. The van der Waals surface area contributed by atoms with Crippen LogP contribution in [0.25, 0.3) is 23.0 Å². The van der Waals surface area contributed by atoms with Crippen molar-refractivity contribution in [2.75, 3.05) is 0 Å². The number of benzene rings is 2. The number of nitrogens with one attached hydrogen (secondary N) is 1. The lowest BCUT2D eigenvalue weighted by molar-refractivity contribution is 1.22. The van der Waals surface area contributed by atoms with Crippen LogP contribution in [-0.2, 0) is 0 Å². The van der Waals surface area contributed by atoms with Crippen molar-refractivity contribution in [2.24, 2.45) is 0 Å². The molecule has 1 aliphatic heterocycles. The molecule has 0 bridgehead atoms. The summed E-state index contributed by atoms with van der Waals surface area (Å²) >= 11 is 3.36. The van der Waals surface area contributed by atoms with Crippen LogP contribution >= 0.6 is 23.1 Å². The van der Waals surface area contributed by atoms with Gasteiger partial charge in [0.1, 0.15) is 5.01 Å². The number of nitrogens with zero attached hydrogens (tertiary/aromatic N) is 1. The van der Waals surface area contributed by atoms with Crippen molar-refractivity contribution in [3.8, 4) is 11.3 Å². The number of hydrogen-bond acceptors (Lipinski definition) is 4. The van der Waals surface area contributed by atoms with Crippen LogP contribution in [0, 0.1) is 0 Å². The molecule has 2 nitrogen and oxygen atoms in total. The van der Waals surface area contributed by atoms with Crippen LogP contribution in [0.15, 0.2) is 76.5 Å². The van der Waals surface area contributed by atoms with Crippen molar-refractivity contribution in [2.45, 2.75) is 0 Å². The zero-order valence-corrected chi connectivity index (χ0v) is 13.9. The van der Waals surface area contributed by atoms with Gasteiger partial charge in [-0.15, -0.1) is 11.3 Å². The van der Waals surface area contributed by atoms with Crippen LogP contribution in [0.3, 0.4) is 0 Å². The van der Waals surface area contributed by atoms with E-state index in [4.69, 9.17) is 4.98 Å². The average molecular weight is 334 g/mol. The van der Waals surface area contributed by atoms with Gasteiger partial charge in [-0.2, -0.15) is 0 Å². The molecule has 3 aromatic rings. The smallest absolute Gasteiger partial charge is 0.119 e. The fourth-order valence-corrected chi connectivity index (χ4v) is 3.97. The minimum Gasteiger partial charge on any atom is -0.349 e.